The van der Waals surface area contributed by atoms with Crippen LogP contribution in [0.2, 0.25) is 0 Å². The van der Waals surface area contributed by atoms with E-state index in [2.05, 4.69) is 5.10 Å². The Morgan fingerprint density at radius 2 is 2.00 bits per heavy atom. The van der Waals surface area contributed by atoms with E-state index in [-0.39, 0.29) is 18.9 Å². The van der Waals surface area contributed by atoms with E-state index in [4.69, 9.17) is 10.00 Å². The second-order valence-corrected chi connectivity index (χ2v) is 5.94. The highest BCUT2D eigenvalue weighted by atomic mass is 16.5. The lowest BCUT2D eigenvalue weighted by Crippen LogP contribution is -2.35. The minimum atomic E-state index is -0.612. The van der Waals surface area contributed by atoms with Gasteiger partial charge in [0, 0.05) is 36.6 Å². The quantitative estimate of drug-likeness (QED) is 0.555. The maximum absolute atomic E-state index is 12.4. The number of hydrogen-bond acceptors (Lipinski definition) is 5. The molecule has 0 aliphatic carbocycles. The van der Waals surface area contributed by atoms with Crippen LogP contribution in [0.3, 0.4) is 0 Å². The molecule has 0 aliphatic heterocycles. The molecule has 0 atom stereocenters. The molecule has 0 saturated heterocycles. The molecule has 0 fully saturated rings. The topological polar surface area (TPSA) is 88.2 Å². The first-order valence-corrected chi connectivity index (χ1v) is 8.51. The van der Waals surface area contributed by atoms with Crippen LogP contribution in [0.15, 0.2) is 36.4 Å². The van der Waals surface area contributed by atoms with Gasteiger partial charge >= 0.3 is 5.97 Å². The zero-order chi connectivity index (χ0) is 19.8. The van der Waals surface area contributed by atoms with E-state index in [0.29, 0.717) is 5.69 Å². The highest BCUT2D eigenvalue weighted by Crippen LogP contribution is 2.15. The molecule has 0 unspecified atom stereocenters. The number of nitrogens with zero attached hydrogens (tertiary/aromatic N) is 4. The fourth-order valence-electron chi connectivity index (χ4n) is 2.61. The second kappa shape index (κ2) is 9.34. The molecule has 140 valence electrons. The molecule has 27 heavy (non-hydrogen) atoms. The Hall–Kier alpha value is -3.40. The zero-order valence-electron chi connectivity index (χ0n) is 15.7. The van der Waals surface area contributed by atoms with E-state index in [1.54, 1.807) is 35.0 Å². The molecule has 7 heteroatoms. The summed E-state index contributed by atoms with van der Waals surface area (Å²) in [6.07, 6.45) is 3.11. The van der Waals surface area contributed by atoms with Gasteiger partial charge < -0.3 is 9.64 Å². The highest BCUT2D eigenvalue weighted by Gasteiger charge is 2.17. The highest BCUT2D eigenvalue weighted by molar-refractivity contribution is 5.96. The van der Waals surface area contributed by atoms with E-state index < -0.39 is 12.6 Å². The first kappa shape index (κ1) is 19.9. The number of aromatic nitrogens is 2. The van der Waals surface area contributed by atoms with Crippen LogP contribution < -0.4 is 4.90 Å². The van der Waals surface area contributed by atoms with Gasteiger partial charge in [-0.1, -0.05) is 18.2 Å². The summed E-state index contributed by atoms with van der Waals surface area (Å²) in [7, 11) is 1.83. The number of aryl methyl sites for hydroxylation is 2. The van der Waals surface area contributed by atoms with Crippen LogP contribution in [0.4, 0.5) is 5.69 Å². The van der Waals surface area contributed by atoms with Crippen molar-refractivity contribution in [2.75, 3.05) is 18.1 Å². The molecule has 2 aromatic rings. The van der Waals surface area contributed by atoms with Gasteiger partial charge in [0.2, 0.25) is 0 Å². The van der Waals surface area contributed by atoms with Gasteiger partial charge in [-0.3, -0.25) is 9.48 Å². The number of benzene rings is 1. The molecular weight excluding hydrogens is 344 g/mol. The first-order chi connectivity index (χ1) is 12.9. The summed E-state index contributed by atoms with van der Waals surface area (Å²) in [4.78, 5) is 25.8. The molecule has 1 aromatic heterocycles. The van der Waals surface area contributed by atoms with Crippen molar-refractivity contribution in [1.82, 2.24) is 9.78 Å². The number of amides is 1. The average Bonchev–Trinajstić information content (AvgIpc) is 2.91. The number of hydrogen-bond donors (Lipinski definition) is 0. The van der Waals surface area contributed by atoms with E-state index in [9.17, 15) is 9.59 Å². The summed E-state index contributed by atoms with van der Waals surface area (Å²) in [6.45, 7) is 3.60. The Bertz CT molecular complexity index is 879. The Labute approximate surface area is 158 Å². The maximum atomic E-state index is 12.4. The molecule has 0 bridgehead atoms. The Morgan fingerprint density at radius 3 is 2.59 bits per heavy atom. The fraction of sp³-hybridized carbons (Fsp3) is 0.300. The van der Waals surface area contributed by atoms with E-state index >= 15 is 0 Å². The molecular formula is C20H22N4O3. The number of carbonyl (C=O) groups is 2. The molecule has 0 radical (unpaired) electrons. The van der Waals surface area contributed by atoms with Crippen LogP contribution in [0, 0.1) is 25.2 Å². The van der Waals surface area contributed by atoms with Gasteiger partial charge in [-0.05, 0) is 32.1 Å². The summed E-state index contributed by atoms with van der Waals surface area (Å²) in [6, 6.07) is 11.0. The van der Waals surface area contributed by atoms with E-state index in [1.807, 2.05) is 33.0 Å². The first-order valence-electron chi connectivity index (χ1n) is 8.51. The van der Waals surface area contributed by atoms with Crippen molar-refractivity contribution in [2.24, 2.45) is 7.05 Å². The number of carbonyl (C=O) groups excluding carboxylic acids is 2. The summed E-state index contributed by atoms with van der Waals surface area (Å²) >= 11 is 0. The molecule has 0 spiro atoms. The standard InChI is InChI=1S/C20H22N4O3/c1-15-18(16(2)23(3)22-15)10-11-20(26)27-14-19(25)24(13-7-12-21)17-8-5-4-6-9-17/h4-6,8-11H,7,13-14H2,1-3H3/b11-10+. The van der Waals surface area contributed by atoms with Gasteiger partial charge in [0.15, 0.2) is 6.61 Å². The van der Waals surface area contributed by atoms with E-state index in [0.717, 1.165) is 17.0 Å². The molecule has 1 heterocycles. The minimum absolute atomic E-state index is 0.189. The number of esters is 1. The van der Waals surface area contributed by atoms with E-state index in [1.165, 1.54) is 11.0 Å². The number of para-hydroxylation sites is 1. The fourth-order valence-corrected chi connectivity index (χ4v) is 2.61. The van der Waals surface area contributed by atoms with Gasteiger partial charge in [0.25, 0.3) is 5.91 Å². The number of nitriles is 1. The Kier molecular flexibility index (Phi) is 6.89. The Morgan fingerprint density at radius 1 is 1.30 bits per heavy atom. The molecule has 1 amide bonds. The molecule has 0 aliphatic rings. The third-order valence-corrected chi connectivity index (χ3v) is 4.11. The maximum Gasteiger partial charge on any atom is 0.331 e. The van der Waals surface area contributed by atoms with Gasteiger partial charge in [-0.2, -0.15) is 10.4 Å². The number of anilines is 1. The van der Waals surface area contributed by atoms with Crippen molar-refractivity contribution in [3.8, 4) is 6.07 Å². The van der Waals surface area contributed by atoms with Crippen LogP contribution in [0.1, 0.15) is 23.4 Å². The van der Waals surface area contributed by atoms with Crippen molar-refractivity contribution in [2.45, 2.75) is 20.3 Å². The van der Waals surface area contributed by atoms with Gasteiger partial charge in [0.1, 0.15) is 0 Å². The third kappa shape index (κ3) is 5.28. The molecule has 2 rings (SSSR count). The van der Waals surface area contributed by atoms with Crippen LogP contribution in [0.5, 0.6) is 0 Å². The summed E-state index contributed by atoms with van der Waals surface area (Å²) in [5.74, 6) is -0.994. The number of rotatable bonds is 7. The normalized spacial score (nSPS) is 10.6. The lowest BCUT2D eigenvalue weighted by molar-refractivity contribution is -0.142. The average molecular weight is 366 g/mol. The molecule has 1 aromatic carbocycles. The smallest absolute Gasteiger partial charge is 0.331 e. The van der Waals surface area contributed by atoms with Crippen molar-refractivity contribution in [3.63, 3.8) is 0 Å². The van der Waals surface area contributed by atoms with Gasteiger partial charge in [-0.15, -0.1) is 0 Å². The predicted molar refractivity (Wildman–Crippen MR) is 102 cm³/mol. The lowest BCUT2D eigenvalue weighted by atomic mass is 10.2. The van der Waals surface area contributed by atoms with Crippen molar-refractivity contribution in [3.05, 3.63) is 53.4 Å². The second-order valence-electron chi connectivity index (χ2n) is 5.94. The van der Waals surface area contributed by atoms with Crippen LogP contribution in [-0.2, 0) is 21.4 Å². The summed E-state index contributed by atoms with van der Waals surface area (Å²) in [5.41, 5.74) is 3.24. The summed E-state index contributed by atoms with van der Waals surface area (Å²) in [5, 5.41) is 13.1. The third-order valence-electron chi connectivity index (χ3n) is 4.11. The van der Waals surface area contributed by atoms with Crippen molar-refractivity contribution < 1.29 is 14.3 Å². The van der Waals surface area contributed by atoms with Gasteiger partial charge in [0.05, 0.1) is 18.2 Å². The molecule has 0 N–H and O–H groups in total. The van der Waals surface area contributed by atoms with Gasteiger partial charge in [-0.25, -0.2) is 4.79 Å². The zero-order valence-corrected chi connectivity index (χ0v) is 15.7. The largest absolute Gasteiger partial charge is 0.452 e. The summed E-state index contributed by atoms with van der Waals surface area (Å²) < 4.78 is 6.80. The van der Waals surface area contributed by atoms with Crippen LogP contribution in [0.25, 0.3) is 6.08 Å². The van der Waals surface area contributed by atoms with Crippen LogP contribution >= 0.6 is 0 Å². The van der Waals surface area contributed by atoms with Crippen molar-refractivity contribution >= 4 is 23.6 Å². The monoisotopic (exact) mass is 366 g/mol. The number of ether oxygens (including phenoxy) is 1. The Balaban J connectivity index is 1.99. The SMILES string of the molecule is Cc1nn(C)c(C)c1/C=C/C(=O)OCC(=O)N(CCC#N)c1ccccc1. The predicted octanol–water partition coefficient (Wildman–Crippen LogP) is 2.54. The minimum Gasteiger partial charge on any atom is -0.452 e. The molecule has 7 nitrogen and oxygen atoms in total. The van der Waals surface area contributed by atoms with Crippen LogP contribution in [-0.4, -0.2) is 34.8 Å². The molecule has 0 saturated carbocycles. The van der Waals surface area contributed by atoms with Crippen molar-refractivity contribution in [1.29, 1.82) is 5.26 Å². The lowest BCUT2D eigenvalue weighted by Gasteiger charge is -2.21.